The van der Waals surface area contributed by atoms with E-state index in [0.717, 1.165) is 16.9 Å². The number of hydrogen-bond donors (Lipinski definition) is 4. The number of rotatable bonds is 10. The molecule has 0 aliphatic carbocycles. The number of amides is 1. The van der Waals surface area contributed by atoms with Crippen molar-refractivity contribution in [3.05, 3.63) is 69.8 Å². The molecule has 0 unspecified atom stereocenters. The SMILES string of the molecule is CC(C)(C)OC(=O)N(CCc1ccccc1)C[C@H](O)COc1ccc(Nc2sc(=O)[nH]c2O)cc1. The first-order valence-corrected chi connectivity index (χ1v) is 12.0. The van der Waals surface area contributed by atoms with Crippen molar-refractivity contribution < 1.29 is 24.5 Å². The maximum atomic E-state index is 12.7. The molecule has 0 aliphatic heterocycles. The van der Waals surface area contributed by atoms with Crippen molar-refractivity contribution >= 4 is 28.1 Å². The normalized spacial score (nSPS) is 12.1. The number of ether oxygens (including phenoxy) is 2. The Hall–Kier alpha value is -3.50. The molecule has 35 heavy (non-hydrogen) atoms. The second-order valence-electron chi connectivity index (χ2n) is 8.97. The molecule has 9 nitrogen and oxygen atoms in total. The minimum absolute atomic E-state index is 0.0162. The van der Waals surface area contributed by atoms with Crippen LogP contribution < -0.4 is 14.9 Å². The van der Waals surface area contributed by atoms with E-state index >= 15 is 0 Å². The number of carbonyl (C=O) groups excluding carboxylic acids is 1. The zero-order valence-corrected chi connectivity index (χ0v) is 20.8. The Labute approximate surface area is 208 Å². The van der Waals surface area contributed by atoms with E-state index in [-0.39, 0.29) is 23.9 Å². The number of aromatic amines is 1. The van der Waals surface area contributed by atoms with Gasteiger partial charge in [0.2, 0.25) is 5.88 Å². The van der Waals surface area contributed by atoms with Crippen LogP contribution in [-0.2, 0) is 11.2 Å². The highest BCUT2D eigenvalue weighted by Crippen LogP contribution is 2.28. The van der Waals surface area contributed by atoms with Crippen LogP contribution >= 0.6 is 11.3 Å². The summed E-state index contributed by atoms with van der Waals surface area (Å²) in [6.07, 6.45) is -0.781. The number of hydrogen-bond acceptors (Lipinski definition) is 8. The Bertz CT molecular complexity index is 1140. The number of nitrogens with zero attached hydrogens (tertiary/aromatic N) is 1. The number of H-pyrrole nitrogens is 1. The van der Waals surface area contributed by atoms with Gasteiger partial charge in [-0.15, -0.1) is 0 Å². The minimum Gasteiger partial charge on any atom is -0.492 e. The van der Waals surface area contributed by atoms with Gasteiger partial charge in [-0.05, 0) is 57.0 Å². The van der Waals surface area contributed by atoms with E-state index in [2.05, 4.69) is 10.3 Å². The van der Waals surface area contributed by atoms with Crippen LogP contribution in [0.1, 0.15) is 26.3 Å². The molecule has 1 amide bonds. The van der Waals surface area contributed by atoms with E-state index in [1.165, 1.54) is 4.90 Å². The fourth-order valence-electron chi connectivity index (χ4n) is 3.16. The molecule has 0 saturated carbocycles. The predicted octanol–water partition coefficient (Wildman–Crippen LogP) is 4.11. The maximum Gasteiger partial charge on any atom is 0.410 e. The molecular weight excluding hydrogens is 470 g/mol. The van der Waals surface area contributed by atoms with Crippen LogP contribution in [0.25, 0.3) is 0 Å². The van der Waals surface area contributed by atoms with Gasteiger partial charge < -0.3 is 29.9 Å². The fourth-order valence-corrected chi connectivity index (χ4v) is 3.81. The van der Waals surface area contributed by atoms with Gasteiger partial charge in [-0.25, -0.2) is 4.79 Å². The Morgan fingerprint density at radius 1 is 1.14 bits per heavy atom. The molecule has 0 radical (unpaired) electrons. The summed E-state index contributed by atoms with van der Waals surface area (Å²) in [7, 11) is 0. The molecule has 4 N–H and O–H groups in total. The third-order valence-corrected chi connectivity index (χ3v) is 5.57. The summed E-state index contributed by atoms with van der Waals surface area (Å²) in [5.74, 6) is 0.305. The highest BCUT2D eigenvalue weighted by molar-refractivity contribution is 7.13. The summed E-state index contributed by atoms with van der Waals surface area (Å²) in [5.41, 5.74) is 1.09. The van der Waals surface area contributed by atoms with Gasteiger partial charge in [0.1, 0.15) is 24.1 Å². The Balaban J connectivity index is 1.54. The van der Waals surface area contributed by atoms with Crippen LogP contribution in [0.3, 0.4) is 0 Å². The van der Waals surface area contributed by atoms with Crippen LogP contribution in [-0.4, -0.2) is 57.6 Å². The summed E-state index contributed by atoms with van der Waals surface area (Å²) in [4.78, 5) is 27.4. The summed E-state index contributed by atoms with van der Waals surface area (Å²) in [6, 6.07) is 16.6. The van der Waals surface area contributed by atoms with Gasteiger partial charge in [0.05, 0.1) is 6.54 Å². The molecule has 1 aromatic heterocycles. The van der Waals surface area contributed by atoms with Crippen LogP contribution in [0.5, 0.6) is 11.6 Å². The van der Waals surface area contributed by atoms with Crippen molar-refractivity contribution in [1.82, 2.24) is 9.88 Å². The molecule has 10 heteroatoms. The van der Waals surface area contributed by atoms with Crippen molar-refractivity contribution in [2.45, 2.75) is 38.9 Å². The zero-order valence-electron chi connectivity index (χ0n) is 20.0. The molecule has 0 aliphatic rings. The second-order valence-corrected chi connectivity index (χ2v) is 9.95. The van der Waals surface area contributed by atoms with E-state index in [0.29, 0.717) is 29.4 Å². The maximum absolute atomic E-state index is 12.7. The average Bonchev–Trinajstić information content (AvgIpc) is 3.12. The summed E-state index contributed by atoms with van der Waals surface area (Å²) in [6.45, 7) is 5.85. The summed E-state index contributed by atoms with van der Waals surface area (Å²) in [5, 5.41) is 23.5. The number of benzene rings is 2. The van der Waals surface area contributed by atoms with Crippen LogP contribution in [0.4, 0.5) is 15.5 Å². The Kier molecular flexibility index (Phi) is 8.78. The van der Waals surface area contributed by atoms with Crippen LogP contribution in [0.15, 0.2) is 59.4 Å². The number of aromatic hydroxyl groups is 1. The topological polar surface area (TPSA) is 124 Å². The first-order chi connectivity index (χ1) is 16.6. The van der Waals surface area contributed by atoms with Crippen molar-refractivity contribution in [2.24, 2.45) is 0 Å². The van der Waals surface area contributed by atoms with Gasteiger partial charge in [0.25, 0.3) is 0 Å². The van der Waals surface area contributed by atoms with Gasteiger partial charge in [0, 0.05) is 12.2 Å². The van der Waals surface area contributed by atoms with E-state index in [9.17, 15) is 19.8 Å². The number of carbonyl (C=O) groups is 1. The first-order valence-electron chi connectivity index (χ1n) is 11.2. The number of aliphatic hydroxyl groups excluding tert-OH is 1. The smallest absolute Gasteiger partial charge is 0.410 e. The van der Waals surface area contributed by atoms with Crippen molar-refractivity contribution in [3.8, 4) is 11.6 Å². The lowest BCUT2D eigenvalue weighted by Gasteiger charge is -2.29. The highest BCUT2D eigenvalue weighted by atomic mass is 32.1. The number of aliphatic hydroxyl groups is 1. The fraction of sp³-hybridized carbons (Fsp3) is 0.360. The second kappa shape index (κ2) is 11.8. The van der Waals surface area contributed by atoms with Crippen LogP contribution in [0.2, 0.25) is 0 Å². The first kappa shape index (κ1) is 26.1. The van der Waals surface area contributed by atoms with Crippen molar-refractivity contribution in [3.63, 3.8) is 0 Å². The van der Waals surface area contributed by atoms with E-state index in [1.54, 1.807) is 45.0 Å². The molecule has 1 atom stereocenters. The molecule has 3 aromatic rings. The van der Waals surface area contributed by atoms with Gasteiger partial charge in [-0.1, -0.05) is 41.7 Å². The Morgan fingerprint density at radius 3 is 2.43 bits per heavy atom. The lowest BCUT2D eigenvalue weighted by atomic mass is 10.1. The summed E-state index contributed by atoms with van der Waals surface area (Å²) >= 11 is 0.862. The van der Waals surface area contributed by atoms with Gasteiger partial charge in [-0.2, -0.15) is 0 Å². The largest absolute Gasteiger partial charge is 0.492 e. The molecule has 0 bridgehead atoms. The van der Waals surface area contributed by atoms with Crippen molar-refractivity contribution in [2.75, 3.05) is 25.0 Å². The number of aromatic nitrogens is 1. The molecule has 188 valence electrons. The minimum atomic E-state index is -0.926. The molecule has 0 saturated heterocycles. The monoisotopic (exact) mass is 501 g/mol. The third kappa shape index (κ3) is 8.66. The molecule has 1 heterocycles. The number of thiazole rings is 1. The lowest BCUT2D eigenvalue weighted by molar-refractivity contribution is 0.00945. The third-order valence-electron chi connectivity index (χ3n) is 4.78. The van der Waals surface area contributed by atoms with Gasteiger partial charge >= 0.3 is 11.0 Å². The molecule has 0 fully saturated rings. The van der Waals surface area contributed by atoms with E-state index in [4.69, 9.17) is 9.47 Å². The standard InChI is InChI=1S/C25H31N3O6S/c1-25(2,3)34-24(32)28(14-13-17-7-5-4-6-8-17)15-19(29)16-33-20-11-9-18(10-12-20)26-22-21(30)27-23(31)35-22/h4-12,19,26,29-30H,13-16H2,1-3H3,(H,27,31)/t19-/m0/s1. The van der Waals surface area contributed by atoms with E-state index < -0.39 is 17.8 Å². The van der Waals surface area contributed by atoms with Crippen LogP contribution in [0, 0.1) is 0 Å². The Morgan fingerprint density at radius 2 is 1.83 bits per heavy atom. The molecular formula is C25H31N3O6S. The highest BCUT2D eigenvalue weighted by Gasteiger charge is 2.24. The molecule has 3 rings (SSSR count). The average molecular weight is 502 g/mol. The summed E-state index contributed by atoms with van der Waals surface area (Å²) < 4.78 is 11.2. The molecule has 2 aromatic carbocycles. The molecule has 0 spiro atoms. The predicted molar refractivity (Wildman–Crippen MR) is 136 cm³/mol. The van der Waals surface area contributed by atoms with Gasteiger partial charge in [0.15, 0.2) is 5.00 Å². The lowest BCUT2D eigenvalue weighted by Crippen LogP contribution is -2.43. The van der Waals surface area contributed by atoms with Crippen molar-refractivity contribution in [1.29, 1.82) is 0 Å². The van der Waals surface area contributed by atoms with E-state index in [1.807, 2.05) is 30.3 Å². The quantitative estimate of drug-likeness (QED) is 0.330. The van der Waals surface area contributed by atoms with Gasteiger partial charge in [-0.3, -0.25) is 9.78 Å². The zero-order chi connectivity index (χ0) is 25.4. The number of nitrogens with one attached hydrogen (secondary N) is 2. The number of anilines is 2.